The summed E-state index contributed by atoms with van der Waals surface area (Å²) < 4.78 is 1.66. The van der Waals surface area contributed by atoms with Gasteiger partial charge < -0.3 is 5.32 Å². The Bertz CT molecular complexity index is 1380. The summed E-state index contributed by atoms with van der Waals surface area (Å²) in [5, 5.41) is 6.48. The summed E-state index contributed by atoms with van der Waals surface area (Å²) in [4.78, 5) is 32.3. The third-order valence-corrected chi connectivity index (χ3v) is 8.06. The Morgan fingerprint density at radius 3 is 2.44 bits per heavy atom. The molecule has 0 radical (unpaired) electrons. The molecule has 0 spiro atoms. The van der Waals surface area contributed by atoms with E-state index in [1.807, 2.05) is 36.4 Å². The zero-order valence-corrected chi connectivity index (χ0v) is 21.0. The van der Waals surface area contributed by atoms with Crippen molar-refractivity contribution in [1.29, 1.82) is 0 Å². The van der Waals surface area contributed by atoms with E-state index in [4.69, 9.17) is 4.98 Å². The second-order valence-electron chi connectivity index (χ2n) is 8.51. The van der Waals surface area contributed by atoms with Crippen LogP contribution in [0.5, 0.6) is 0 Å². The molecule has 2 aromatic carbocycles. The van der Waals surface area contributed by atoms with Crippen LogP contribution in [0.15, 0.2) is 63.9 Å². The molecule has 1 saturated carbocycles. The quantitative estimate of drug-likeness (QED) is 0.237. The Morgan fingerprint density at radius 2 is 1.79 bits per heavy atom. The highest BCUT2D eigenvalue weighted by molar-refractivity contribution is 7.99. The van der Waals surface area contributed by atoms with Crippen molar-refractivity contribution in [2.75, 3.05) is 11.1 Å². The van der Waals surface area contributed by atoms with Gasteiger partial charge in [-0.3, -0.25) is 14.2 Å². The maximum absolute atomic E-state index is 13.7. The first kappa shape index (κ1) is 22.9. The lowest BCUT2D eigenvalue weighted by Gasteiger charge is -2.15. The van der Waals surface area contributed by atoms with Crippen molar-refractivity contribution >= 4 is 44.9 Å². The van der Waals surface area contributed by atoms with Crippen molar-refractivity contribution in [1.82, 2.24) is 9.55 Å². The van der Waals surface area contributed by atoms with Crippen LogP contribution in [0.2, 0.25) is 0 Å². The molecule has 2 aromatic heterocycles. The van der Waals surface area contributed by atoms with Crippen LogP contribution < -0.4 is 10.9 Å². The number of para-hydroxylation sites is 2. The lowest BCUT2D eigenvalue weighted by molar-refractivity contribution is -0.113. The minimum atomic E-state index is -0.0978. The summed E-state index contributed by atoms with van der Waals surface area (Å²) in [7, 11) is 0. The smallest absolute Gasteiger partial charge is 0.267 e. The van der Waals surface area contributed by atoms with Crippen LogP contribution in [0.1, 0.15) is 49.3 Å². The number of nitrogens with zero attached hydrogens (tertiary/aromatic N) is 2. The minimum absolute atomic E-state index is 0.0492. The fourth-order valence-electron chi connectivity index (χ4n) is 4.30. The SMILES string of the molecule is CCc1cccc(CC)c1NC(=O)CSc1nc2scc(C3CC3)c2c(=O)n1-c1ccccc1. The number of hydrogen-bond acceptors (Lipinski definition) is 5. The van der Waals surface area contributed by atoms with E-state index in [2.05, 4.69) is 36.7 Å². The van der Waals surface area contributed by atoms with Crippen molar-refractivity contribution < 1.29 is 4.79 Å². The van der Waals surface area contributed by atoms with Gasteiger partial charge in [0.15, 0.2) is 5.16 Å². The monoisotopic (exact) mass is 489 g/mol. The number of anilines is 1. The summed E-state index contributed by atoms with van der Waals surface area (Å²) in [5.74, 6) is 0.551. The summed E-state index contributed by atoms with van der Waals surface area (Å²) >= 11 is 2.83. The zero-order valence-electron chi connectivity index (χ0n) is 19.3. The molecule has 5 nitrogen and oxygen atoms in total. The minimum Gasteiger partial charge on any atom is -0.325 e. The highest BCUT2D eigenvalue weighted by Gasteiger charge is 2.29. The molecule has 0 bridgehead atoms. The van der Waals surface area contributed by atoms with Crippen molar-refractivity contribution in [3.05, 3.63) is 81.0 Å². The summed E-state index contributed by atoms with van der Waals surface area (Å²) in [6.45, 7) is 4.18. The molecule has 1 fully saturated rings. The molecule has 0 atom stereocenters. The Morgan fingerprint density at radius 1 is 1.09 bits per heavy atom. The van der Waals surface area contributed by atoms with Gasteiger partial charge in [0, 0.05) is 5.69 Å². The summed E-state index contributed by atoms with van der Waals surface area (Å²) in [6, 6.07) is 15.7. The molecule has 34 heavy (non-hydrogen) atoms. The molecule has 0 saturated heterocycles. The van der Waals surface area contributed by atoms with Gasteiger partial charge in [-0.1, -0.05) is 62.0 Å². The molecule has 174 valence electrons. The number of carbonyl (C=O) groups excluding carboxylic acids is 1. The molecule has 1 amide bonds. The van der Waals surface area contributed by atoms with Gasteiger partial charge in [0.2, 0.25) is 5.91 Å². The Labute approximate surface area is 207 Å². The van der Waals surface area contributed by atoms with Gasteiger partial charge in [0.25, 0.3) is 5.56 Å². The number of aryl methyl sites for hydroxylation is 2. The van der Waals surface area contributed by atoms with Crippen LogP contribution in [-0.4, -0.2) is 21.2 Å². The van der Waals surface area contributed by atoms with Gasteiger partial charge in [-0.05, 0) is 65.8 Å². The van der Waals surface area contributed by atoms with Crippen molar-refractivity contribution in [2.24, 2.45) is 0 Å². The predicted molar refractivity (Wildman–Crippen MR) is 142 cm³/mol. The Balaban J connectivity index is 1.47. The van der Waals surface area contributed by atoms with Crippen LogP contribution in [0.4, 0.5) is 5.69 Å². The number of rotatable bonds is 8. The van der Waals surface area contributed by atoms with Crippen LogP contribution in [0, 0.1) is 0 Å². The molecular weight excluding hydrogens is 462 g/mol. The highest BCUT2D eigenvalue weighted by atomic mass is 32.2. The molecule has 1 N–H and O–H groups in total. The second-order valence-corrected chi connectivity index (χ2v) is 10.3. The summed E-state index contributed by atoms with van der Waals surface area (Å²) in [6.07, 6.45) is 3.96. The number of amides is 1. The predicted octanol–water partition coefficient (Wildman–Crippen LogP) is 6.18. The first-order chi connectivity index (χ1) is 16.6. The van der Waals surface area contributed by atoms with Gasteiger partial charge in [-0.15, -0.1) is 11.3 Å². The fourth-order valence-corrected chi connectivity index (χ4v) is 6.17. The van der Waals surface area contributed by atoms with E-state index in [-0.39, 0.29) is 17.2 Å². The van der Waals surface area contributed by atoms with Crippen molar-refractivity contribution in [3.8, 4) is 5.69 Å². The Kier molecular flexibility index (Phi) is 6.57. The lowest BCUT2D eigenvalue weighted by Crippen LogP contribution is -2.23. The third kappa shape index (κ3) is 4.42. The number of nitrogens with one attached hydrogen (secondary N) is 1. The maximum atomic E-state index is 13.7. The van der Waals surface area contributed by atoms with Crippen LogP contribution in [0.25, 0.3) is 15.9 Å². The van der Waals surface area contributed by atoms with Gasteiger partial charge in [-0.25, -0.2) is 4.98 Å². The van der Waals surface area contributed by atoms with Gasteiger partial charge in [0.05, 0.1) is 16.8 Å². The Hall–Kier alpha value is -2.90. The van der Waals surface area contributed by atoms with Crippen LogP contribution in [0.3, 0.4) is 0 Å². The summed E-state index contributed by atoms with van der Waals surface area (Å²) in [5.41, 5.74) is 5.01. The molecule has 5 rings (SSSR count). The number of aromatic nitrogens is 2. The average Bonchev–Trinajstić information content (AvgIpc) is 3.62. The normalized spacial score (nSPS) is 13.4. The molecule has 0 aliphatic heterocycles. The van der Waals surface area contributed by atoms with Crippen LogP contribution in [-0.2, 0) is 17.6 Å². The number of hydrogen-bond donors (Lipinski definition) is 1. The molecule has 2 heterocycles. The van der Waals surface area contributed by atoms with Crippen molar-refractivity contribution in [2.45, 2.75) is 50.6 Å². The number of fused-ring (bicyclic) bond motifs is 1. The van der Waals surface area contributed by atoms with Gasteiger partial charge in [-0.2, -0.15) is 0 Å². The first-order valence-electron chi connectivity index (χ1n) is 11.7. The van der Waals surface area contributed by atoms with E-state index in [0.29, 0.717) is 11.1 Å². The number of benzene rings is 2. The molecule has 1 aliphatic rings. The fraction of sp³-hybridized carbons (Fsp3) is 0.296. The van der Waals surface area contributed by atoms with E-state index in [1.54, 1.807) is 4.57 Å². The maximum Gasteiger partial charge on any atom is 0.267 e. The van der Waals surface area contributed by atoms with E-state index in [9.17, 15) is 9.59 Å². The van der Waals surface area contributed by atoms with Crippen LogP contribution >= 0.6 is 23.1 Å². The standard InChI is InChI=1S/C27H27N3O2S2/c1-3-17-9-8-10-18(4-2)24(17)28-22(31)16-34-27-29-25-23(21(15-33-25)19-13-14-19)26(32)30(27)20-11-6-5-7-12-20/h5-12,15,19H,3-4,13-14,16H2,1-2H3,(H,28,31). The number of thiophene rings is 1. The zero-order chi connectivity index (χ0) is 23.7. The molecule has 1 aliphatic carbocycles. The molecule has 4 aromatic rings. The van der Waals surface area contributed by atoms with Crippen molar-refractivity contribution in [3.63, 3.8) is 0 Å². The van der Waals surface area contributed by atoms with Gasteiger partial charge in [0.1, 0.15) is 4.83 Å². The number of thioether (sulfide) groups is 1. The largest absolute Gasteiger partial charge is 0.325 e. The average molecular weight is 490 g/mol. The molecule has 0 unspecified atom stereocenters. The third-order valence-electron chi connectivity index (χ3n) is 6.23. The first-order valence-corrected chi connectivity index (χ1v) is 13.6. The van der Waals surface area contributed by atoms with E-state index < -0.39 is 0 Å². The van der Waals surface area contributed by atoms with E-state index >= 15 is 0 Å². The lowest BCUT2D eigenvalue weighted by atomic mass is 10.0. The topological polar surface area (TPSA) is 64.0 Å². The van der Waals surface area contributed by atoms with E-state index in [1.165, 1.54) is 23.1 Å². The number of carbonyl (C=O) groups is 1. The molecular formula is C27H27N3O2S2. The highest BCUT2D eigenvalue weighted by Crippen LogP contribution is 2.44. The van der Waals surface area contributed by atoms with E-state index in [0.717, 1.165) is 64.0 Å². The molecule has 7 heteroatoms. The second kappa shape index (κ2) is 9.76. The van der Waals surface area contributed by atoms with Gasteiger partial charge >= 0.3 is 0 Å².